The first-order valence-corrected chi connectivity index (χ1v) is 12.7. The largest absolute Gasteiger partial charge is 0.493 e. The average molecular weight is 558 g/mol. The Morgan fingerprint density at radius 2 is 1.81 bits per heavy atom. The van der Waals surface area contributed by atoms with Gasteiger partial charge in [-0.25, -0.2) is 9.18 Å². The Morgan fingerprint density at radius 3 is 2.47 bits per heavy atom. The van der Waals surface area contributed by atoms with E-state index in [0.29, 0.717) is 46.7 Å². The summed E-state index contributed by atoms with van der Waals surface area (Å²) in [5.41, 5.74) is 3.91. The van der Waals surface area contributed by atoms with Crippen LogP contribution in [-0.4, -0.2) is 32.6 Å². The highest BCUT2D eigenvalue weighted by molar-refractivity contribution is 9.10. The molecule has 0 saturated carbocycles. The van der Waals surface area contributed by atoms with Crippen LogP contribution in [0.1, 0.15) is 56.1 Å². The molecule has 2 aromatic carbocycles. The van der Waals surface area contributed by atoms with Crippen LogP contribution < -0.4 is 14.8 Å². The van der Waals surface area contributed by atoms with Crippen LogP contribution >= 0.6 is 15.9 Å². The molecule has 0 saturated heterocycles. The van der Waals surface area contributed by atoms with Crippen LogP contribution in [0.2, 0.25) is 0 Å². The van der Waals surface area contributed by atoms with E-state index in [1.165, 1.54) is 6.07 Å². The maximum absolute atomic E-state index is 14.1. The number of ketones is 1. The Labute approximate surface area is 218 Å². The SMILES string of the molecule is CCCOC(=O)C1=C(C)NC2=C(C(=O)C[C@@H](c3ccc(OC)c(OC)c3)C2)[C@@H]1c1ccc(F)c(Br)c1. The molecule has 1 aliphatic heterocycles. The van der Waals surface area contributed by atoms with Gasteiger partial charge in [-0.15, -0.1) is 0 Å². The average Bonchev–Trinajstić information content (AvgIpc) is 2.87. The Bertz CT molecular complexity index is 1270. The topological polar surface area (TPSA) is 73.9 Å². The number of Topliss-reactive ketones (excluding diaryl/α,β-unsaturated/α-hetero) is 1. The highest BCUT2D eigenvalue weighted by atomic mass is 79.9. The van der Waals surface area contributed by atoms with Crippen molar-refractivity contribution in [1.29, 1.82) is 0 Å². The van der Waals surface area contributed by atoms with E-state index in [4.69, 9.17) is 14.2 Å². The van der Waals surface area contributed by atoms with Crippen molar-refractivity contribution in [3.05, 3.63) is 80.4 Å². The molecule has 0 unspecified atom stereocenters. The van der Waals surface area contributed by atoms with Crippen molar-refractivity contribution in [2.24, 2.45) is 0 Å². The lowest BCUT2D eigenvalue weighted by Gasteiger charge is -2.37. The lowest BCUT2D eigenvalue weighted by Crippen LogP contribution is -2.36. The van der Waals surface area contributed by atoms with E-state index < -0.39 is 17.7 Å². The van der Waals surface area contributed by atoms with Crippen LogP contribution in [0.4, 0.5) is 4.39 Å². The molecule has 0 fully saturated rings. The Kier molecular flexibility index (Phi) is 7.83. The van der Waals surface area contributed by atoms with Gasteiger partial charge in [0.15, 0.2) is 17.3 Å². The van der Waals surface area contributed by atoms with E-state index in [-0.39, 0.29) is 29.2 Å². The summed E-state index contributed by atoms with van der Waals surface area (Å²) in [7, 11) is 3.16. The first kappa shape index (κ1) is 25.9. The number of rotatable bonds is 7. The third kappa shape index (κ3) is 4.91. The van der Waals surface area contributed by atoms with Crippen LogP contribution in [0, 0.1) is 5.82 Å². The number of allylic oxidation sites excluding steroid dienone is 3. The first-order chi connectivity index (χ1) is 17.3. The lowest BCUT2D eigenvalue weighted by atomic mass is 9.71. The number of methoxy groups -OCH3 is 2. The van der Waals surface area contributed by atoms with E-state index in [2.05, 4.69) is 21.2 Å². The number of carbonyl (C=O) groups is 2. The molecule has 36 heavy (non-hydrogen) atoms. The predicted molar refractivity (Wildman–Crippen MR) is 137 cm³/mol. The molecule has 1 N–H and O–H groups in total. The monoisotopic (exact) mass is 557 g/mol. The minimum absolute atomic E-state index is 0.0673. The molecule has 1 heterocycles. The van der Waals surface area contributed by atoms with Crippen molar-refractivity contribution in [1.82, 2.24) is 5.32 Å². The first-order valence-electron chi connectivity index (χ1n) is 11.9. The van der Waals surface area contributed by atoms with E-state index in [9.17, 15) is 14.0 Å². The molecule has 190 valence electrons. The van der Waals surface area contributed by atoms with Gasteiger partial charge in [0, 0.05) is 29.3 Å². The van der Waals surface area contributed by atoms with Gasteiger partial charge in [0.05, 0.1) is 30.9 Å². The van der Waals surface area contributed by atoms with Gasteiger partial charge in [0.1, 0.15) is 5.82 Å². The van der Waals surface area contributed by atoms with Crippen molar-refractivity contribution in [3.63, 3.8) is 0 Å². The number of benzene rings is 2. The van der Waals surface area contributed by atoms with Gasteiger partial charge in [0.25, 0.3) is 0 Å². The molecule has 2 aromatic rings. The summed E-state index contributed by atoms with van der Waals surface area (Å²) in [5.74, 6) is -0.469. The second kappa shape index (κ2) is 10.9. The molecule has 0 aromatic heterocycles. The molecule has 4 rings (SSSR count). The van der Waals surface area contributed by atoms with Gasteiger partial charge in [-0.3, -0.25) is 4.79 Å². The summed E-state index contributed by atoms with van der Waals surface area (Å²) in [6.07, 6.45) is 1.52. The molecule has 8 heteroatoms. The minimum Gasteiger partial charge on any atom is -0.493 e. The zero-order valence-corrected chi connectivity index (χ0v) is 22.3. The predicted octanol–water partition coefficient (Wildman–Crippen LogP) is 5.92. The summed E-state index contributed by atoms with van der Waals surface area (Å²) in [6, 6.07) is 10.3. The van der Waals surface area contributed by atoms with E-state index >= 15 is 0 Å². The number of halogens is 2. The highest BCUT2D eigenvalue weighted by Gasteiger charge is 2.41. The van der Waals surface area contributed by atoms with Crippen molar-refractivity contribution >= 4 is 27.7 Å². The summed E-state index contributed by atoms with van der Waals surface area (Å²) < 4.78 is 30.6. The molecule has 0 bridgehead atoms. The number of carbonyl (C=O) groups excluding carboxylic acids is 2. The number of dihydropyridines is 1. The van der Waals surface area contributed by atoms with Crippen molar-refractivity contribution < 1.29 is 28.2 Å². The minimum atomic E-state index is -0.652. The summed E-state index contributed by atoms with van der Waals surface area (Å²) in [4.78, 5) is 26.8. The molecular weight excluding hydrogens is 529 g/mol. The van der Waals surface area contributed by atoms with Crippen molar-refractivity contribution in [2.75, 3.05) is 20.8 Å². The quantitative estimate of drug-likeness (QED) is 0.426. The molecule has 2 atom stereocenters. The highest BCUT2D eigenvalue weighted by Crippen LogP contribution is 2.47. The fraction of sp³-hybridized carbons (Fsp3) is 0.357. The van der Waals surface area contributed by atoms with Crippen LogP contribution in [-0.2, 0) is 14.3 Å². The summed E-state index contributed by atoms with van der Waals surface area (Å²) in [6.45, 7) is 4.00. The fourth-order valence-corrected chi connectivity index (χ4v) is 5.35. The Balaban J connectivity index is 1.78. The molecule has 0 amide bonds. The number of hydrogen-bond acceptors (Lipinski definition) is 6. The standard InChI is InChI=1S/C28H29BrFNO5/c1-5-10-36-28(33)25-15(2)31-21-12-18(16-7-9-23(34-3)24(14-16)35-4)13-22(32)27(21)26(25)17-6-8-20(30)19(29)11-17/h6-9,11,14,18,26,31H,5,10,12-13H2,1-4H3/t18-,26+/m0/s1. The molecule has 0 spiro atoms. The van der Waals surface area contributed by atoms with Crippen LogP contribution in [0.5, 0.6) is 11.5 Å². The second-order valence-electron chi connectivity index (χ2n) is 8.94. The zero-order chi connectivity index (χ0) is 26.0. The number of esters is 1. The van der Waals surface area contributed by atoms with Gasteiger partial charge in [-0.2, -0.15) is 0 Å². The molecule has 2 aliphatic rings. The number of ether oxygens (including phenoxy) is 3. The van der Waals surface area contributed by atoms with Crippen LogP contribution in [0.25, 0.3) is 0 Å². The van der Waals surface area contributed by atoms with Crippen molar-refractivity contribution in [2.45, 2.75) is 44.9 Å². The molecule has 0 radical (unpaired) electrons. The number of nitrogens with one attached hydrogen (secondary N) is 1. The van der Waals surface area contributed by atoms with Gasteiger partial charge >= 0.3 is 5.97 Å². The maximum Gasteiger partial charge on any atom is 0.336 e. The third-order valence-electron chi connectivity index (χ3n) is 6.64. The molecule has 6 nitrogen and oxygen atoms in total. The fourth-order valence-electron chi connectivity index (χ4n) is 4.95. The lowest BCUT2D eigenvalue weighted by molar-refractivity contribution is -0.139. The van der Waals surface area contributed by atoms with Gasteiger partial charge in [-0.05, 0) is 77.0 Å². The Hall–Kier alpha value is -3.13. The van der Waals surface area contributed by atoms with Gasteiger partial charge in [-0.1, -0.05) is 19.1 Å². The van der Waals surface area contributed by atoms with E-state index in [1.54, 1.807) is 26.4 Å². The van der Waals surface area contributed by atoms with Crippen molar-refractivity contribution in [3.8, 4) is 11.5 Å². The normalized spacial score (nSPS) is 19.6. The molecule has 1 aliphatic carbocycles. The van der Waals surface area contributed by atoms with Crippen LogP contribution in [0.3, 0.4) is 0 Å². The second-order valence-corrected chi connectivity index (χ2v) is 9.80. The van der Waals surface area contributed by atoms with Crippen LogP contribution in [0.15, 0.2) is 63.4 Å². The maximum atomic E-state index is 14.1. The summed E-state index contributed by atoms with van der Waals surface area (Å²) in [5, 5.41) is 3.33. The van der Waals surface area contributed by atoms with Gasteiger partial charge in [0.2, 0.25) is 0 Å². The van der Waals surface area contributed by atoms with E-state index in [0.717, 1.165) is 11.3 Å². The zero-order valence-electron chi connectivity index (χ0n) is 20.7. The summed E-state index contributed by atoms with van der Waals surface area (Å²) >= 11 is 3.25. The number of hydrogen-bond donors (Lipinski definition) is 1. The third-order valence-corrected chi connectivity index (χ3v) is 7.25. The molecular formula is C28H29BrFNO5. The smallest absolute Gasteiger partial charge is 0.336 e. The van der Waals surface area contributed by atoms with Gasteiger partial charge < -0.3 is 19.5 Å². The Morgan fingerprint density at radius 1 is 1.08 bits per heavy atom. The van der Waals surface area contributed by atoms with E-state index in [1.807, 2.05) is 32.0 Å².